The summed E-state index contributed by atoms with van der Waals surface area (Å²) in [5.41, 5.74) is 2.00. The normalized spacial score (nSPS) is 15.6. The van der Waals surface area contributed by atoms with Gasteiger partial charge in [-0.1, -0.05) is 54.1 Å². The van der Waals surface area contributed by atoms with Crippen LogP contribution in [0.3, 0.4) is 0 Å². The largest absolute Gasteiger partial charge is 0.348 e. The number of thioether (sulfide) groups is 1. The first-order chi connectivity index (χ1) is 14.1. The molecule has 148 valence electrons. The lowest BCUT2D eigenvalue weighted by atomic mass is 10.0. The number of carbonyl (C=O) groups is 2. The molecular formula is C23H21ClN2O2S. The SMILES string of the molecule is O=C(Cc1cccc2ccccc12)NCC(=O)NC1CCSc2ccc(Cl)cc21. The zero-order valence-electron chi connectivity index (χ0n) is 15.8. The molecule has 6 heteroatoms. The number of carbonyl (C=O) groups excluding carboxylic acids is 2. The van der Waals surface area contributed by atoms with Gasteiger partial charge in [0.05, 0.1) is 19.0 Å². The molecule has 2 N–H and O–H groups in total. The zero-order chi connectivity index (χ0) is 20.2. The number of amides is 2. The lowest BCUT2D eigenvalue weighted by Crippen LogP contribution is -2.39. The van der Waals surface area contributed by atoms with Gasteiger partial charge in [0, 0.05) is 15.7 Å². The highest BCUT2D eigenvalue weighted by Gasteiger charge is 2.22. The summed E-state index contributed by atoms with van der Waals surface area (Å²) in [6.07, 6.45) is 1.08. The average Bonchev–Trinajstić information content (AvgIpc) is 2.73. The van der Waals surface area contributed by atoms with Crippen molar-refractivity contribution in [3.8, 4) is 0 Å². The maximum atomic E-state index is 12.4. The summed E-state index contributed by atoms with van der Waals surface area (Å²) in [4.78, 5) is 25.9. The highest BCUT2D eigenvalue weighted by Crippen LogP contribution is 2.37. The summed E-state index contributed by atoms with van der Waals surface area (Å²) in [5, 5.41) is 8.58. The van der Waals surface area contributed by atoms with Crippen molar-refractivity contribution in [3.05, 3.63) is 76.8 Å². The van der Waals surface area contributed by atoms with Gasteiger partial charge in [0.1, 0.15) is 0 Å². The highest BCUT2D eigenvalue weighted by atomic mass is 35.5. The van der Waals surface area contributed by atoms with Crippen molar-refractivity contribution < 1.29 is 9.59 Å². The molecule has 0 bridgehead atoms. The van der Waals surface area contributed by atoms with Gasteiger partial charge >= 0.3 is 0 Å². The van der Waals surface area contributed by atoms with Crippen LogP contribution in [0.5, 0.6) is 0 Å². The molecule has 0 fully saturated rings. The van der Waals surface area contributed by atoms with Crippen LogP contribution in [0.2, 0.25) is 5.02 Å². The Hall–Kier alpha value is -2.50. The van der Waals surface area contributed by atoms with E-state index >= 15 is 0 Å². The van der Waals surface area contributed by atoms with E-state index in [1.807, 2.05) is 60.7 Å². The van der Waals surface area contributed by atoms with Gasteiger partial charge in [0.15, 0.2) is 0 Å². The zero-order valence-corrected chi connectivity index (χ0v) is 17.4. The minimum atomic E-state index is -0.195. The van der Waals surface area contributed by atoms with E-state index in [0.29, 0.717) is 5.02 Å². The lowest BCUT2D eigenvalue weighted by molar-refractivity contribution is -0.126. The first kappa shape index (κ1) is 19.8. The third-order valence-corrected chi connectivity index (χ3v) is 6.38. The molecule has 3 aromatic carbocycles. The second-order valence-electron chi connectivity index (χ2n) is 7.03. The standard InChI is InChI=1S/C23H21ClN2O2S/c24-17-8-9-21-19(13-17)20(10-11-29-21)26-23(28)14-25-22(27)12-16-6-3-5-15-4-1-2-7-18(15)16/h1-9,13,20H,10-12,14H2,(H,25,27)(H,26,28). The summed E-state index contributed by atoms with van der Waals surface area (Å²) in [5.74, 6) is 0.575. The Morgan fingerprint density at radius 3 is 2.76 bits per heavy atom. The lowest BCUT2D eigenvalue weighted by Gasteiger charge is -2.26. The van der Waals surface area contributed by atoms with Crippen LogP contribution in [0.4, 0.5) is 0 Å². The number of fused-ring (bicyclic) bond motifs is 2. The molecule has 1 aliphatic heterocycles. The molecule has 1 atom stereocenters. The van der Waals surface area contributed by atoms with E-state index in [0.717, 1.165) is 39.0 Å². The molecule has 0 saturated carbocycles. The van der Waals surface area contributed by atoms with Crippen LogP contribution in [-0.4, -0.2) is 24.1 Å². The summed E-state index contributed by atoms with van der Waals surface area (Å²) in [6.45, 7) is -0.0386. The molecule has 1 unspecified atom stereocenters. The fourth-order valence-electron chi connectivity index (χ4n) is 3.62. The Labute approximate surface area is 179 Å². The fourth-order valence-corrected chi connectivity index (χ4v) is 4.91. The molecule has 0 saturated heterocycles. The van der Waals surface area contributed by atoms with Crippen molar-refractivity contribution in [1.82, 2.24) is 10.6 Å². The first-order valence-corrected chi connectivity index (χ1v) is 10.9. The quantitative estimate of drug-likeness (QED) is 0.633. The van der Waals surface area contributed by atoms with Crippen LogP contribution < -0.4 is 10.6 Å². The number of benzene rings is 3. The number of hydrogen-bond donors (Lipinski definition) is 2. The van der Waals surface area contributed by atoms with E-state index in [2.05, 4.69) is 10.6 Å². The van der Waals surface area contributed by atoms with Crippen LogP contribution in [0.1, 0.15) is 23.6 Å². The van der Waals surface area contributed by atoms with Gasteiger partial charge in [-0.3, -0.25) is 9.59 Å². The first-order valence-electron chi connectivity index (χ1n) is 9.55. The molecular weight excluding hydrogens is 404 g/mol. The van der Waals surface area contributed by atoms with Gasteiger partial charge in [-0.25, -0.2) is 0 Å². The summed E-state index contributed by atoms with van der Waals surface area (Å²) in [6, 6.07) is 19.6. The summed E-state index contributed by atoms with van der Waals surface area (Å²) >= 11 is 7.89. The molecule has 29 heavy (non-hydrogen) atoms. The summed E-state index contributed by atoms with van der Waals surface area (Å²) < 4.78 is 0. The molecule has 1 heterocycles. The summed E-state index contributed by atoms with van der Waals surface area (Å²) in [7, 11) is 0. The van der Waals surface area contributed by atoms with E-state index in [1.165, 1.54) is 0 Å². The Balaban J connectivity index is 1.34. The predicted octanol–water partition coefficient (Wildman–Crippen LogP) is 4.51. The number of hydrogen-bond acceptors (Lipinski definition) is 3. The molecule has 0 aromatic heterocycles. The Morgan fingerprint density at radius 2 is 1.86 bits per heavy atom. The van der Waals surface area contributed by atoms with E-state index in [9.17, 15) is 9.59 Å². The van der Waals surface area contributed by atoms with Crippen LogP contribution in [0.15, 0.2) is 65.6 Å². The van der Waals surface area contributed by atoms with Crippen molar-refractivity contribution in [3.63, 3.8) is 0 Å². The second kappa shape index (κ2) is 8.89. The maximum absolute atomic E-state index is 12.4. The number of halogens is 1. The molecule has 0 spiro atoms. The van der Waals surface area contributed by atoms with Crippen molar-refractivity contribution in [1.29, 1.82) is 0 Å². The van der Waals surface area contributed by atoms with Crippen LogP contribution in [0.25, 0.3) is 10.8 Å². The van der Waals surface area contributed by atoms with Gasteiger partial charge in [-0.05, 0) is 46.5 Å². The fraction of sp³-hybridized carbons (Fsp3) is 0.217. The third kappa shape index (κ3) is 4.74. The second-order valence-corrected chi connectivity index (χ2v) is 8.60. The van der Waals surface area contributed by atoms with Crippen LogP contribution in [0, 0.1) is 0 Å². The number of rotatable bonds is 5. The minimum absolute atomic E-state index is 0.0386. The van der Waals surface area contributed by atoms with Crippen molar-refractivity contribution >= 4 is 45.9 Å². The van der Waals surface area contributed by atoms with Crippen molar-refractivity contribution in [2.24, 2.45) is 0 Å². The Morgan fingerprint density at radius 1 is 1.03 bits per heavy atom. The van der Waals surface area contributed by atoms with Gasteiger partial charge in [-0.15, -0.1) is 11.8 Å². The van der Waals surface area contributed by atoms with Crippen molar-refractivity contribution in [2.45, 2.75) is 23.8 Å². The molecule has 4 nitrogen and oxygen atoms in total. The van der Waals surface area contributed by atoms with E-state index < -0.39 is 0 Å². The smallest absolute Gasteiger partial charge is 0.239 e. The Kier molecular flexibility index (Phi) is 6.07. The molecule has 4 rings (SSSR count). The molecule has 1 aliphatic rings. The maximum Gasteiger partial charge on any atom is 0.239 e. The average molecular weight is 425 g/mol. The molecule has 3 aromatic rings. The van der Waals surface area contributed by atoms with Crippen LogP contribution in [-0.2, 0) is 16.0 Å². The molecule has 0 aliphatic carbocycles. The monoisotopic (exact) mass is 424 g/mol. The topological polar surface area (TPSA) is 58.2 Å². The number of nitrogens with one attached hydrogen (secondary N) is 2. The van der Waals surface area contributed by atoms with Crippen LogP contribution >= 0.6 is 23.4 Å². The van der Waals surface area contributed by atoms with E-state index in [1.54, 1.807) is 11.8 Å². The van der Waals surface area contributed by atoms with E-state index in [-0.39, 0.29) is 30.8 Å². The Bertz CT molecular complexity index is 1060. The predicted molar refractivity (Wildman–Crippen MR) is 118 cm³/mol. The van der Waals surface area contributed by atoms with Gasteiger partial charge in [0.2, 0.25) is 11.8 Å². The van der Waals surface area contributed by atoms with Crippen molar-refractivity contribution in [2.75, 3.05) is 12.3 Å². The third-order valence-electron chi connectivity index (χ3n) is 5.02. The van der Waals surface area contributed by atoms with Gasteiger partial charge < -0.3 is 10.6 Å². The highest BCUT2D eigenvalue weighted by molar-refractivity contribution is 7.99. The minimum Gasteiger partial charge on any atom is -0.348 e. The molecule has 2 amide bonds. The van der Waals surface area contributed by atoms with Gasteiger partial charge in [-0.2, -0.15) is 0 Å². The molecule has 0 radical (unpaired) electrons. The van der Waals surface area contributed by atoms with Gasteiger partial charge in [0.25, 0.3) is 0 Å². The van der Waals surface area contributed by atoms with E-state index in [4.69, 9.17) is 11.6 Å².